The van der Waals surface area contributed by atoms with E-state index in [2.05, 4.69) is 20.8 Å². The lowest BCUT2D eigenvalue weighted by molar-refractivity contribution is -0.118. The minimum Gasteiger partial charge on any atom is -0.340 e. The second-order valence-corrected chi connectivity index (χ2v) is 9.90. The van der Waals surface area contributed by atoms with Crippen LogP contribution in [0, 0.1) is 6.92 Å². The molecule has 1 aromatic heterocycles. The first-order valence-electron chi connectivity index (χ1n) is 10.8. The van der Waals surface area contributed by atoms with E-state index in [4.69, 9.17) is 4.52 Å². The van der Waals surface area contributed by atoms with Crippen LogP contribution in [-0.2, 0) is 10.2 Å². The van der Waals surface area contributed by atoms with Gasteiger partial charge in [0.15, 0.2) is 0 Å². The first-order valence-corrected chi connectivity index (χ1v) is 12.2. The molecule has 33 heavy (non-hydrogen) atoms. The number of thioether (sulfide) groups is 1. The highest BCUT2D eigenvalue weighted by atomic mass is 32.2. The monoisotopic (exact) mass is 466 g/mol. The molecule has 174 valence electrons. The van der Waals surface area contributed by atoms with E-state index >= 15 is 0 Å². The second-order valence-electron chi connectivity index (χ2n) is 8.92. The molecule has 1 atom stereocenters. The Labute approximate surface area is 198 Å². The van der Waals surface area contributed by atoms with Gasteiger partial charge in [-0.15, -0.1) is 0 Å². The first kappa shape index (κ1) is 24.5. The molecule has 2 aromatic carbocycles. The average Bonchev–Trinajstić information content (AvgIpc) is 3.28. The van der Waals surface area contributed by atoms with Gasteiger partial charge < -0.3 is 15.2 Å². The fourth-order valence-electron chi connectivity index (χ4n) is 3.11. The molecular formula is C25H30N4O3S. The number of amides is 2. The fraction of sp³-hybridized carbons (Fsp3) is 0.360. The maximum Gasteiger partial charge on any atom is 0.251 e. The van der Waals surface area contributed by atoms with E-state index < -0.39 is 6.04 Å². The Bertz CT molecular complexity index is 1100. The molecule has 3 rings (SSSR count). The van der Waals surface area contributed by atoms with Crippen molar-refractivity contribution < 1.29 is 14.1 Å². The van der Waals surface area contributed by atoms with E-state index in [0.717, 1.165) is 16.9 Å². The van der Waals surface area contributed by atoms with Crippen LogP contribution in [0.3, 0.4) is 0 Å². The van der Waals surface area contributed by atoms with Gasteiger partial charge in [-0.05, 0) is 61.8 Å². The van der Waals surface area contributed by atoms with Crippen LogP contribution in [0.25, 0.3) is 11.4 Å². The quantitative estimate of drug-likeness (QED) is 0.493. The van der Waals surface area contributed by atoms with Crippen molar-refractivity contribution in [1.82, 2.24) is 15.5 Å². The Morgan fingerprint density at radius 1 is 1.12 bits per heavy atom. The number of hydrogen-bond donors (Lipinski definition) is 2. The minimum atomic E-state index is -0.642. The van der Waals surface area contributed by atoms with Crippen LogP contribution in [-0.4, -0.2) is 40.0 Å². The van der Waals surface area contributed by atoms with Crippen molar-refractivity contribution in [2.24, 2.45) is 0 Å². The molecule has 0 aliphatic rings. The van der Waals surface area contributed by atoms with Crippen molar-refractivity contribution in [3.05, 3.63) is 65.5 Å². The van der Waals surface area contributed by atoms with Crippen LogP contribution < -0.4 is 10.6 Å². The van der Waals surface area contributed by atoms with Crippen LogP contribution in [0.15, 0.2) is 53.1 Å². The fourth-order valence-corrected chi connectivity index (χ4v) is 3.58. The van der Waals surface area contributed by atoms with Gasteiger partial charge in [0.25, 0.3) is 5.91 Å². The summed E-state index contributed by atoms with van der Waals surface area (Å²) in [6.07, 6.45) is 2.50. The van der Waals surface area contributed by atoms with Gasteiger partial charge in [0.05, 0.1) is 0 Å². The maximum absolute atomic E-state index is 12.9. The van der Waals surface area contributed by atoms with Crippen molar-refractivity contribution in [2.75, 3.05) is 17.3 Å². The number of nitrogens with one attached hydrogen (secondary N) is 2. The lowest BCUT2D eigenvalue weighted by Gasteiger charge is -2.18. The molecule has 2 N–H and O–H groups in total. The van der Waals surface area contributed by atoms with E-state index in [9.17, 15) is 9.59 Å². The van der Waals surface area contributed by atoms with E-state index in [1.54, 1.807) is 36.0 Å². The summed E-state index contributed by atoms with van der Waals surface area (Å²) in [7, 11) is 0. The number of anilines is 1. The van der Waals surface area contributed by atoms with Gasteiger partial charge in [-0.2, -0.15) is 16.7 Å². The van der Waals surface area contributed by atoms with Crippen molar-refractivity contribution in [3.8, 4) is 11.4 Å². The van der Waals surface area contributed by atoms with Crippen LogP contribution in [0.4, 0.5) is 5.69 Å². The molecule has 1 unspecified atom stereocenters. The van der Waals surface area contributed by atoms with Crippen LogP contribution in [0.5, 0.6) is 0 Å². The third kappa shape index (κ3) is 6.68. The topological polar surface area (TPSA) is 97.1 Å². The minimum absolute atomic E-state index is 0.228. The zero-order chi connectivity index (χ0) is 24.0. The molecule has 1 heterocycles. The molecule has 2 amide bonds. The Morgan fingerprint density at radius 3 is 2.45 bits per heavy atom. The largest absolute Gasteiger partial charge is 0.340 e. The van der Waals surface area contributed by atoms with Crippen LogP contribution >= 0.6 is 11.8 Å². The molecule has 3 aromatic rings. The number of rotatable bonds is 8. The number of hydrogen-bond acceptors (Lipinski definition) is 6. The van der Waals surface area contributed by atoms with E-state index in [1.807, 2.05) is 58.2 Å². The highest BCUT2D eigenvalue weighted by Gasteiger charge is 2.23. The standard InChI is InChI=1S/C25H30N4O3S/c1-16-7-6-8-18(15-16)22(30)27-20(13-14-33-5)23(31)26-19-11-9-17(10-12-19)21-28-24(32-29-21)25(2,3)4/h6-12,15,20H,13-14H2,1-5H3,(H,26,31)(H,27,30). The van der Waals surface area contributed by atoms with Gasteiger partial charge >= 0.3 is 0 Å². The zero-order valence-corrected chi connectivity index (χ0v) is 20.5. The van der Waals surface area contributed by atoms with Crippen molar-refractivity contribution in [2.45, 2.75) is 45.6 Å². The Kier molecular flexibility index (Phi) is 7.92. The Hall–Kier alpha value is -3.13. The summed E-state index contributed by atoms with van der Waals surface area (Å²) in [5.74, 6) is 1.30. The first-order chi connectivity index (χ1) is 15.7. The third-order valence-corrected chi connectivity index (χ3v) is 5.63. The molecule has 8 heteroatoms. The molecule has 0 saturated heterocycles. The summed E-state index contributed by atoms with van der Waals surface area (Å²) in [5.41, 5.74) is 2.72. The highest BCUT2D eigenvalue weighted by molar-refractivity contribution is 7.98. The molecule has 0 bridgehead atoms. The Morgan fingerprint density at radius 2 is 1.85 bits per heavy atom. The van der Waals surface area contributed by atoms with Crippen molar-refractivity contribution >= 4 is 29.3 Å². The lowest BCUT2D eigenvalue weighted by Crippen LogP contribution is -2.44. The van der Waals surface area contributed by atoms with E-state index in [-0.39, 0.29) is 17.2 Å². The molecule has 0 aliphatic heterocycles. The maximum atomic E-state index is 12.9. The van der Waals surface area contributed by atoms with Crippen molar-refractivity contribution in [1.29, 1.82) is 0 Å². The second kappa shape index (κ2) is 10.7. The zero-order valence-electron chi connectivity index (χ0n) is 19.6. The van der Waals surface area contributed by atoms with Gasteiger partial charge in [-0.3, -0.25) is 9.59 Å². The predicted molar refractivity (Wildman–Crippen MR) is 132 cm³/mol. The molecule has 0 saturated carbocycles. The number of nitrogens with zero attached hydrogens (tertiary/aromatic N) is 2. The lowest BCUT2D eigenvalue weighted by atomic mass is 9.97. The molecule has 0 aliphatic carbocycles. The van der Waals surface area contributed by atoms with E-state index in [1.165, 1.54) is 0 Å². The molecule has 0 spiro atoms. The normalized spacial score (nSPS) is 12.3. The summed E-state index contributed by atoms with van der Waals surface area (Å²) in [6.45, 7) is 7.95. The molecule has 0 fully saturated rings. The smallest absolute Gasteiger partial charge is 0.251 e. The molecule has 7 nitrogen and oxygen atoms in total. The van der Waals surface area contributed by atoms with E-state index in [0.29, 0.717) is 29.4 Å². The van der Waals surface area contributed by atoms with Crippen LogP contribution in [0.1, 0.15) is 49.0 Å². The summed E-state index contributed by atoms with van der Waals surface area (Å²) in [5, 5.41) is 9.82. The number of carbonyl (C=O) groups excluding carboxylic acids is 2. The summed E-state index contributed by atoms with van der Waals surface area (Å²) in [4.78, 5) is 30.1. The molecule has 0 radical (unpaired) electrons. The Balaban J connectivity index is 1.68. The van der Waals surface area contributed by atoms with Gasteiger partial charge in [-0.25, -0.2) is 0 Å². The average molecular weight is 467 g/mol. The SMILES string of the molecule is CSCCC(NC(=O)c1cccc(C)c1)C(=O)Nc1ccc(-c2noc(C(C)(C)C)n2)cc1. The predicted octanol–water partition coefficient (Wildman–Crippen LogP) is 4.83. The number of carbonyl (C=O) groups is 2. The van der Waals surface area contributed by atoms with Gasteiger partial charge in [0.1, 0.15) is 6.04 Å². The number of aromatic nitrogens is 2. The number of benzene rings is 2. The van der Waals surface area contributed by atoms with Crippen molar-refractivity contribution in [3.63, 3.8) is 0 Å². The van der Waals surface area contributed by atoms with Gasteiger partial charge in [0.2, 0.25) is 17.6 Å². The summed E-state index contributed by atoms with van der Waals surface area (Å²) >= 11 is 1.63. The number of aryl methyl sites for hydroxylation is 1. The summed E-state index contributed by atoms with van der Waals surface area (Å²) < 4.78 is 5.36. The van der Waals surface area contributed by atoms with Gasteiger partial charge in [0, 0.05) is 22.2 Å². The van der Waals surface area contributed by atoms with Gasteiger partial charge in [-0.1, -0.05) is 43.6 Å². The highest BCUT2D eigenvalue weighted by Crippen LogP contribution is 2.24. The summed E-state index contributed by atoms with van der Waals surface area (Å²) in [6, 6.07) is 13.9. The van der Waals surface area contributed by atoms with Crippen LogP contribution in [0.2, 0.25) is 0 Å². The molecular weight excluding hydrogens is 436 g/mol. The third-order valence-electron chi connectivity index (χ3n) is 4.99.